The van der Waals surface area contributed by atoms with Gasteiger partial charge in [0.15, 0.2) is 5.78 Å². The van der Waals surface area contributed by atoms with Crippen molar-refractivity contribution in [2.24, 2.45) is 0 Å². The molecule has 0 saturated heterocycles. The van der Waals surface area contributed by atoms with Crippen LogP contribution in [0.4, 0.5) is 13.2 Å². The van der Waals surface area contributed by atoms with Crippen LogP contribution < -0.4 is 0 Å². The van der Waals surface area contributed by atoms with E-state index < -0.39 is 19.4 Å². The van der Waals surface area contributed by atoms with E-state index in [1.165, 1.54) is 32.1 Å². The molecule has 0 aromatic carbocycles. The fourth-order valence-electron chi connectivity index (χ4n) is 1.81. The van der Waals surface area contributed by atoms with Crippen molar-refractivity contribution < 1.29 is 22.7 Å². The third-order valence-corrected chi connectivity index (χ3v) is 2.84. The molecule has 0 fully saturated rings. The number of Topliss-reactive ketones (excluding diaryl/α,β-unsaturated/α-hetero) is 1. The summed E-state index contributed by atoms with van der Waals surface area (Å²) >= 11 is 0. The van der Waals surface area contributed by atoms with E-state index in [2.05, 4.69) is 11.7 Å². The van der Waals surface area contributed by atoms with Gasteiger partial charge in [0.25, 0.3) is 0 Å². The first-order valence-electron chi connectivity index (χ1n) is 7.12. The molecule has 0 aromatic rings. The fourth-order valence-corrected chi connectivity index (χ4v) is 1.81. The quantitative estimate of drug-likeness (QED) is 0.486. The predicted octanol–water partition coefficient (Wildman–Crippen LogP) is 4.67. The van der Waals surface area contributed by atoms with Crippen LogP contribution in [0.5, 0.6) is 0 Å². The van der Waals surface area contributed by atoms with Crippen LogP contribution in [0.3, 0.4) is 0 Å². The number of rotatable bonds is 12. The zero-order chi connectivity index (χ0) is 14.6. The van der Waals surface area contributed by atoms with Gasteiger partial charge in [-0.05, 0) is 6.42 Å². The molecule has 0 amide bonds. The first-order valence-corrected chi connectivity index (χ1v) is 7.12. The fraction of sp³-hybridized carbons (Fsp3) is 0.929. The van der Waals surface area contributed by atoms with E-state index in [1.807, 2.05) is 0 Å². The molecule has 19 heavy (non-hydrogen) atoms. The minimum Gasteiger partial charge on any atom is -0.364 e. The van der Waals surface area contributed by atoms with Gasteiger partial charge in [0, 0.05) is 6.42 Å². The Morgan fingerprint density at radius 3 is 2.00 bits per heavy atom. The second-order valence-electron chi connectivity index (χ2n) is 4.87. The Morgan fingerprint density at radius 1 is 0.947 bits per heavy atom. The normalized spacial score (nSPS) is 11.8. The third kappa shape index (κ3) is 15.4. The third-order valence-electron chi connectivity index (χ3n) is 2.84. The molecule has 5 heteroatoms. The summed E-state index contributed by atoms with van der Waals surface area (Å²) in [5, 5.41) is 0. The number of unbranched alkanes of at least 4 members (excludes halogenated alkanes) is 7. The van der Waals surface area contributed by atoms with Gasteiger partial charge in [-0.25, -0.2) is 0 Å². The molecular formula is C14H25F3O2. The molecule has 0 saturated carbocycles. The van der Waals surface area contributed by atoms with Gasteiger partial charge in [-0.2, -0.15) is 13.2 Å². The van der Waals surface area contributed by atoms with Crippen molar-refractivity contribution in [1.29, 1.82) is 0 Å². The molecule has 0 aliphatic heterocycles. The Labute approximate surface area is 113 Å². The molecule has 0 rings (SSSR count). The molecular weight excluding hydrogens is 257 g/mol. The lowest BCUT2D eigenvalue weighted by Crippen LogP contribution is -2.20. The Kier molecular flexibility index (Phi) is 10.9. The Hall–Kier alpha value is -0.580. The summed E-state index contributed by atoms with van der Waals surface area (Å²) in [6.45, 7) is 0.415. The second-order valence-corrected chi connectivity index (χ2v) is 4.87. The minimum atomic E-state index is -4.35. The van der Waals surface area contributed by atoms with Gasteiger partial charge in [-0.15, -0.1) is 0 Å². The minimum absolute atomic E-state index is 0.241. The molecule has 0 aromatic heterocycles. The van der Waals surface area contributed by atoms with E-state index in [4.69, 9.17) is 0 Å². The molecule has 2 nitrogen and oxygen atoms in total. The number of hydrogen-bond acceptors (Lipinski definition) is 2. The first-order chi connectivity index (χ1) is 8.95. The topological polar surface area (TPSA) is 26.3 Å². The molecule has 0 aliphatic rings. The van der Waals surface area contributed by atoms with Crippen LogP contribution in [-0.2, 0) is 9.53 Å². The van der Waals surface area contributed by atoms with Gasteiger partial charge in [-0.3, -0.25) is 4.79 Å². The molecule has 0 unspecified atom stereocenters. The number of carbonyl (C=O) groups is 1. The van der Waals surface area contributed by atoms with Crippen LogP contribution in [0.15, 0.2) is 0 Å². The largest absolute Gasteiger partial charge is 0.411 e. The van der Waals surface area contributed by atoms with Gasteiger partial charge >= 0.3 is 6.18 Å². The van der Waals surface area contributed by atoms with Crippen molar-refractivity contribution in [3.05, 3.63) is 0 Å². The van der Waals surface area contributed by atoms with Crippen molar-refractivity contribution in [3.8, 4) is 0 Å². The Morgan fingerprint density at radius 2 is 1.47 bits per heavy atom. The van der Waals surface area contributed by atoms with Crippen LogP contribution in [-0.4, -0.2) is 25.2 Å². The highest BCUT2D eigenvalue weighted by molar-refractivity contribution is 5.79. The van der Waals surface area contributed by atoms with E-state index in [0.717, 1.165) is 19.3 Å². The molecule has 114 valence electrons. The summed E-state index contributed by atoms with van der Waals surface area (Å²) < 4.78 is 39.6. The van der Waals surface area contributed by atoms with Crippen molar-refractivity contribution >= 4 is 5.78 Å². The SMILES string of the molecule is CCCCCCCCCCC(=O)COCC(F)(F)F. The zero-order valence-corrected chi connectivity index (χ0v) is 11.7. The maximum Gasteiger partial charge on any atom is 0.411 e. The van der Waals surface area contributed by atoms with Gasteiger partial charge in [0.1, 0.15) is 13.2 Å². The average Bonchev–Trinajstić information content (AvgIpc) is 2.31. The van der Waals surface area contributed by atoms with E-state index >= 15 is 0 Å². The molecule has 0 heterocycles. The van der Waals surface area contributed by atoms with Crippen LogP contribution >= 0.6 is 0 Å². The summed E-state index contributed by atoms with van der Waals surface area (Å²) in [5.41, 5.74) is 0. The van der Waals surface area contributed by atoms with E-state index in [0.29, 0.717) is 6.42 Å². The summed E-state index contributed by atoms with van der Waals surface area (Å²) in [5.74, 6) is -0.241. The number of ketones is 1. The van der Waals surface area contributed by atoms with Gasteiger partial charge in [0.05, 0.1) is 0 Å². The lowest BCUT2D eigenvalue weighted by molar-refractivity contribution is -0.175. The van der Waals surface area contributed by atoms with Crippen molar-refractivity contribution in [2.45, 2.75) is 70.9 Å². The number of halogens is 3. The smallest absolute Gasteiger partial charge is 0.364 e. The van der Waals surface area contributed by atoms with Crippen molar-refractivity contribution in [3.63, 3.8) is 0 Å². The second kappa shape index (κ2) is 11.3. The maximum absolute atomic E-state index is 11.7. The Balaban J connectivity index is 3.25. The number of hydrogen-bond donors (Lipinski definition) is 0. The zero-order valence-electron chi connectivity index (χ0n) is 11.7. The molecule has 0 bridgehead atoms. The van der Waals surface area contributed by atoms with E-state index in [-0.39, 0.29) is 5.78 Å². The van der Waals surface area contributed by atoms with E-state index in [1.54, 1.807) is 0 Å². The highest BCUT2D eigenvalue weighted by atomic mass is 19.4. The maximum atomic E-state index is 11.7. The summed E-state index contributed by atoms with van der Waals surface area (Å²) in [7, 11) is 0. The molecule has 0 spiro atoms. The number of carbonyl (C=O) groups excluding carboxylic acids is 1. The highest BCUT2D eigenvalue weighted by Gasteiger charge is 2.27. The lowest BCUT2D eigenvalue weighted by atomic mass is 10.1. The lowest BCUT2D eigenvalue weighted by Gasteiger charge is -2.06. The predicted molar refractivity (Wildman–Crippen MR) is 69.1 cm³/mol. The van der Waals surface area contributed by atoms with Crippen LogP contribution in [0.25, 0.3) is 0 Å². The van der Waals surface area contributed by atoms with Crippen LogP contribution in [0.1, 0.15) is 64.7 Å². The highest BCUT2D eigenvalue weighted by Crippen LogP contribution is 2.14. The summed E-state index contributed by atoms with van der Waals surface area (Å²) in [4.78, 5) is 11.2. The Bertz CT molecular complexity index is 227. The molecule has 0 radical (unpaired) electrons. The van der Waals surface area contributed by atoms with Gasteiger partial charge < -0.3 is 4.74 Å². The van der Waals surface area contributed by atoms with Crippen molar-refractivity contribution in [1.82, 2.24) is 0 Å². The molecule has 0 atom stereocenters. The van der Waals surface area contributed by atoms with Gasteiger partial charge in [0.2, 0.25) is 0 Å². The van der Waals surface area contributed by atoms with Crippen LogP contribution in [0, 0.1) is 0 Å². The standard InChI is InChI=1S/C14H25F3O2/c1-2-3-4-5-6-7-8-9-10-13(18)11-19-12-14(15,16)17/h2-12H2,1H3. The monoisotopic (exact) mass is 282 g/mol. The number of alkyl halides is 3. The molecule has 0 N–H and O–H groups in total. The van der Waals surface area contributed by atoms with Crippen molar-refractivity contribution in [2.75, 3.05) is 13.2 Å². The molecule has 0 aliphatic carbocycles. The van der Waals surface area contributed by atoms with Gasteiger partial charge in [-0.1, -0.05) is 51.9 Å². The average molecular weight is 282 g/mol. The van der Waals surface area contributed by atoms with E-state index in [9.17, 15) is 18.0 Å². The first kappa shape index (κ1) is 18.4. The van der Waals surface area contributed by atoms with Crippen LogP contribution in [0.2, 0.25) is 0 Å². The number of ether oxygens (including phenoxy) is 1. The summed E-state index contributed by atoms with van der Waals surface area (Å²) in [6, 6.07) is 0. The summed E-state index contributed by atoms with van der Waals surface area (Å²) in [6.07, 6.45) is 4.97.